The maximum absolute atomic E-state index is 12.5. The molecule has 4 rings (SSSR count). The van der Waals surface area contributed by atoms with Gasteiger partial charge in [-0.3, -0.25) is 0 Å². The van der Waals surface area contributed by atoms with Crippen molar-refractivity contribution in [2.24, 2.45) is 0 Å². The molecular weight excluding hydrogens is 475 g/mol. The van der Waals surface area contributed by atoms with Gasteiger partial charge >= 0.3 is 5.97 Å². The topological polar surface area (TPSA) is 60.0 Å². The van der Waals surface area contributed by atoms with E-state index in [4.69, 9.17) is 37.4 Å². The Morgan fingerprint density at radius 3 is 2.59 bits per heavy atom. The van der Waals surface area contributed by atoms with Gasteiger partial charge < -0.3 is 24.4 Å². The molecule has 0 bridgehead atoms. The van der Waals surface area contributed by atoms with Crippen LogP contribution in [0.2, 0.25) is 10.0 Å². The number of rotatable bonds is 8. The Labute approximate surface area is 209 Å². The van der Waals surface area contributed by atoms with Gasteiger partial charge in [-0.1, -0.05) is 47.5 Å². The molecule has 6 nitrogen and oxygen atoms in total. The van der Waals surface area contributed by atoms with Gasteiger partial charge in [0.1, 0.15) is 12.4 Å². The highest BCUT2D eigenvalue weighted by molar-refractivity contribution is 6.35. The predicted molar refractivity (Wildman–Crippen MR) is 135 cm³/mol. The summed E-state index contributed by atoms with van der Waals surface area (Å²) in [6, 6.07) is 18.9. The Balaban J connectivity index is 1.47. The van der Waals surface area contributed by atoms with E-state index in [1.54, 1.807) is 12.1 Å². The Morgan fingerprint density at radius 2 is 1.82 bits per heavy atom. The largest absolute Gasteiger partial charge is 0.488 e. The van der Waals surface area contributed by atoms with Gasteiger partial charge in [0.25, 0.3) is 0 Å². The lowest BCUT2D eigenvalue weighted by atomic mass is 10.1. The van der Waals surface area contributed by atoms with Crippen LogP contribution in [-0.2, 0) is 22.6 Å². The first-order valence-corrected chi connectivity index (χ1v) is 11.7. The van der Waals surface area contributed by atoms with Crippen LogP contribution in [0.3, 0.4) is 0 Å². The van der Waals surface area contributed by atoms with E-state index in [9.17, 15) is 4.79 Å². The maximum Gasteiger partial charge on any atom is 0.340 e. The lowest BCUT2D eigenvalue weighted by Gasteiger charge is -2.30. The lowest BCUT2D eigenvalue weighted by Crippen LogP contribution is -2.37. The van der Waals surface area contributed by atoms with Crippen molar-refractivity contribution in [3.8, 4) is 5.75 Å². The highest BCUT2D eigenvalue weighted by Gasteiger charge is 2.20. The van der Waals surface area contributed by atoms with Crippen LogP contribution in [0, 0.1) is 0 Å². The quantitative estimate of drug-likeness (QED) is 0.394. The van der Waals surface area contributed by atoms with Crippen LogP contribution in [0.15, 0.2) is 60.7 Å². The van der Waals surface area contributed by atoms with Crippen molar-refractivity contribution in [3.63, 3.8) is 0 Å². The Morgan fingerprint density at radius 1 is 1.03 bits per heavy atom. The van der Waals surface area contributed by atoms with Crippen LogP contribution in [0.25, 0.3) is 0 Å². The van der Waals surface area contributed by atoms with Gasteiger partial charge in [0, 0.05) is 46.5 Å². The van der Waals surface area contributed by atoms with E-state index < -0.39 is 0 Å². The minimum atomic E-state index is -0.367. The number of nitrogens with one attached hydrogen (secondary N) is 1. The average Bonchev–Trinajstić information content (AvgIpc) is 2.87. The number of hydrogen-bond acceptors (Lipinski definition) is 6. The molecule has 1 aliphatic rings. The van der Waals surface area contributed by atoms with Gasteiger partial charge in [-0.2, -0.15) is 0 Å². The third kappa shape index (κ3) is 5.95. The SMILES string of the molecule is COC(=O)c1cc(NCc2ccccc2OCc2ccc(Cl)cc2Cl)ccc1N1CCOCC1. The zero-order valence-electron chi connectivity index (χ0n) is 18.9. The molecule has 3 aromatic carbocycles. The second-order valence-corrected chi connectivity index (χ2v) is 8.65. The number of carbonyl (C=O) groups is 1. The molecule has 0 aliphatic carbocycles. The van der Waals surface area contributed by atoms with Crippen LogP contribution < -0.4 is 15.0 Å². The Hall–Kier alpha value is -2.93. The summed E-state index contributed by atoms with van der Waals surface area (Å²) in [5.74, 6) is 0.382. The number of ether oxygens (including phenoxy) is 3. The fraction of sp³-hybridized carbons (Fsp3) is 0.269. The van der Waals surface area contributed by atoms with Gasteiger partial charge in [-0.15, -0.1) is 0 Å². The summed E-state index contributed by atoms with van der Waals surface area (Å²) < 4.78 is 16.5. The molecule has 8 heteroatoms. The van der Waals surface area contributed by atoms with Crippen LogP contribution in [-0.4, -0.2) is 39.4 Å². The minimum Gasteiger partial charge on any atom is -0.488 e. The van der Waals surface area contributed by atoms with Crippen molar-refractivity contribution in [3.05, 3.63) is 87.4 Å². The second kappa shape index (κ2) is 11.5. The number of esters is 1. The normalized spacial score (nSPS) is 13.4. The molecular formula is C26H26Cl2N2O4. The summed E-state index contributed by atoms with van der Waals surface area (Å²) in [5, 5.41) is 4.55. The number of hydrogen-bond donors (Lipinski definition) is 1. The van der Waals surface area contributed by atoms with Gasteiger partial charge in [0.15, 0.2) is 0 Å². The summed E-state index contributed by atoms with van der Waals surface area (Å²) in [6.45, 7) is 3.59. The standard InChI is InChI=1S/C26H26Cl2N2O4/c1-32-26(31)22-15-21(8-9-24(22)30-10-12-33-13-11-30)29-16-18-4-2-3-5-25(18)34-17-19-6-7-20(27)14-23(19)28/h2-9,14-15,29H,10-13,16-17H2,1H3. The van der Waals surface area contributed by atoms with Crippen LogP contribution in [0.1, 0.15) is 21.5 Å². The summed E-state index contributed by atoms with van der Waals surface area (Å²) in [6.07, 6.45) is 0. The van der Waals surface area contributed by atoms with Crippen LogP contribution in [0.4, 0.5) is 11.4 Å². The van der Waals surface area contributed by atoms with E-state index in [0.717, 1.165) is 41.3 Å². The van der Waals surface area contributed by atoms with E-state index in [1.807, 2.05) is 48.5 Å². The van der Waals surface area contributed by atoms with Crippen molar-refractivity contribution in [2.45, 2.75) is 13.2 Å². The van der Waals surface area contributed by atoms with Gasteiger partial charge in [-0.25, -0.2) is 4.79 Å². The summed E-state index contributed by atoms with van der Waals surface area (Å²) in [4.78, 5) is 14.6. The Bertz CT molecular complexity index is 1150. The van der Waals surface area contributed by atoms with Gasteiger partial charge in [-0.05, 0) is 36.4 Å². The van der Waals surface area contributed by atoms with Gasteiger partial charge in [0.2, 0.25) is 0 Å². The summed E-state index contributed by atoms with van der Waals surface area (Å²) in [5.41, 5.74) is 4.02. The predicted octanol–water partition coefficient (Wildman–Crippen LogP) is 5.81. The highest BCUT2D eigenvalue weighted by atomic mass is 35.5. The number of benzene rings is 3. The molecule has 0 amide bonds. The van der Waals surface area contributed by atoms with E-state index in [-0.39, 0.29) is 5.97 Å². The summed E-state index contributed by atoms with van der Waals surface area (Å²) in [7, 11) is 1.39. The molecule has 178 valence electrons. The molecule has 0 unspecified atom stereocenters. The highest BCUT2D eigenvalue weighted by Crippen LogP contribution is 2.28. The molecule has 0 aromatic heterocycles. The van der Waals surface area contributed by atoms with Crippen LogP contribution >= 0.6 is 23.2 Å². The molecule has 0 radical (unpaired) electrons. The third-order valence-corrected chi connectivity index (χ3v) is 6.19. The lowest BCUT2D eigenvalue weighted by molar-refractivity contribution is 0.0600. The monoisotopic (exact) mass is 500 g/mol. The fourth-order valence-electron chi connectivity index (χ4n) is 3.78. The first-order chi connectivity index (χ1) is 16.5. The molecule has 1 heterocycles. The van der Waals surface area contributed by atoms with E-state index in [2.05, 4.69) is 10.2 Å². The molecule has 0 atom stereocenters. The number of para-hydroxylation sites is 1. The first-order valence-electron chi connectivity index (χ1n) is 11.0. The zero-order valence-corrected chi connectivity index (χ0v) is 20.4. The van der Waals surface area contributed by atoms with E-state index in [1.165, 1.54) is 7.11 Å². The molecule has 1 fully saturated rings. The Kier molecular flexibility index (Phi) is 8.16. The van der Waals surface area contributed by atoms with Gasteiger partial charge in [0.05, 0.1) is 31.6 Å². The first kappa shape index (κ1) is 24.2. The molecule has 1 aliphatic heterocycles. The average molecular weight is 501 g/mol. The molecule has 1 N–H and O–H groups in total. The molecule has 0 spiro atoms. The van der Waals surface area contributed by atoms with E-state index in [0.29, 0.717) is 42.0 Å². The number of anilines is 2. The number of carbonyl (C=O) groups excluding carboxylic acids is 1. The zero-order chi connectivity index (χ0) is 23.9. The van der Waals surface area contributed by atoms with Crippen molar-refractivity contribution >= 4 is 40.5 Å². The number of nitrogens with zero attached hydrogens (tertiary/aromatic N) is 1. The van der Waals surface area contributed by atoms with Crippen molar-refractivity contribution in [1.82, 2.24) is 0 Å². The molecule has 0 saturated carbocycles. The third-order valence-electron chi connectivity index (χ3n) is 5.61. The smallest absolute Gasteiger partial charge is 0.340 e. The summed E-state index contributed by atoms with van der Waals surface area (Å²) >= 11 is 12.3. The van der Waals surface area contributed by atoms with Crippen molar-refractivity contribution in [2.75, 3.05) is 43.6 Å². The van der Waals surface area contributed by atoms with Crippen molar-refractivity contribution in [1.29, 1.82) is 0 Å². The number of methoxy groups -OCH3 is 1. The number of morpholine rings is 1. The van der Waals surface area contributed by atoms with Crippen LogP contribution in [0.5, 0.6) is 5.75 Å². The molecule has 3 aromatic rings. The fourth-order valence-corrected chi connectivity index (χ4v) is 4.24. The number of halogens is 2. The molecule has 1 saturated heterocycles. The van der Waals surface area contributed by atoms with Crippen molar-refractivity contribution < 1.29 is 19.0 Å². The maximum atomic E-state index is 12.5. The second-order valence-electron chi connectivity index (χ2n) is 7.81. The minimum absolute atomic E-state index is 0.327. The molecule has 34 heavy (non-hydrogen) atoms. The van der Waals surface area contributed by atoms with E-state index >= 15 is 0 Å².